The molecule has 3 rings (SSSR count). The minimum absolute atomic E-state index is 0.306. The zero-order valence-corrected chi connectivity index (χ0v) is 13.6. The van der Waals surface area contributed by atoms with Gasteiger partial charge in [0.15, 0.2) is 0 Å². The lowest BCUT2D eigenvalue weighted by atomic mass is 9.97. The number of nitrogens with one attached hydrogen (secondary N) is 1. The molecular formula is C18H18BrNO. The first-order valence-corrected chi connectivity index (χ1v) is 7.99. The van der Waals surface area contributed by atoms with E-state index in [0.717, 1.165) is 17.4 Å². The van der Waals surface area contributed by atoms with Crippen molar-refractivity contribution in [1.82, 2.24) is 5.32 Å². The summed E-state index contributed by atoms with van der Waals surface area (Å²) >= 11 is 3.52. The Balaban J connectivity index is 1.92. The molecule has 2 aromatic carbocycles. The van der Waals surface area contributed by atoms with Gasteiger partial charge in [-0.3, -0.25) is 0 Å². The fraction of sp³-hybridized carbons (Fsp3) is 0.222. The lowest BCUT2D eigenvalue weighted by Gasteiger charge is -2.18. The molecule has 1 atom stereocenters. The Morgan fingerprint density at radius 1 is 1.10 bits per heavy atom. The lowest BCUT2D eigenvalue weighted by Crippen LogP contribution is -2.22. The molecule has 0 amide bonds. The first-order chi connectivity index (χ1) is 10.3. The van der Waals surface area contributed by atoms with E-state index in [1.165, 1.54) is 21.9 Å². The third kappa shape index (κ3) is 3.36. The molecule has 108 valence electrons. The van der Waals surface area contributed by atoms with Crippen molar-refractivity contribution in [1.29, 1.82) is 0 Å². The number of likely N-dealkylation sites (N-methyl/N-ethyl adjacent to an activating group) is 1. The van der Waals surface area contributed by atoms with E-state index in [1.54, 1.807) is 6.26 Å². The van der Waals surface area contributed by atoms with Gasteiger partial charge in [0, 0.05) is 10.5 Å². The van der Waals surface area contributed by atoms with Gasteiger partial charge in [0.05, 0.1) is 12.5 Å². The minimum Gasteiger partial charge on any atom is -0.472 e. The summed E-state index contributed by atoms with van der Waals surface area (Å²) in [6.45, 7) is 3.08. The van der Waals surface area contributed by atoms with Crippen molar-refractivity contribution < 1.29 is 4.42 Å². The van der Waals surface area contributed by atoms with Gasteiger partial charge in [-0.25, -0.2) is 0 Å². The molecule has 3 aromatic rings. The predicted octanol–water partition coefficient (Wildman–Crippen LogP) is 5.09. The lowest BCUT2D eigenvalue weighted by molar-refractivity contribution is 0.535. The van der Waals surface area contributed by atoms with Gasteiger partial charge in [-0.15, -0.1) is 0 Å². The molecule has 1 N–H and O–H groups in total. The van der Waals surface area contributed by atoms with Gasteiger partial charge in [-0.05, 0) is 59.1 Å². The maximum Gasteiger partial charge on any atom is 0.0935 e. The Hall–Kier alpha value is -1.58. The van der Waals surface area contributed by atoms with Gasteiger partial charge in [-0.2, -0.15) is 0 Å². The number of rotatable bonds is 5. The van der Waals surface area contributed by atoms with Crippen LogP contribution in [0.3, 0.4) is 0 Å². The van der Waals surface area contributed by atoms with Crippen LogP contribution in [-0.4, -0.2) is 6.54 Å². The van der Waals surface area contributed by atoms with Crippen molar-refractivity contribution in [3.63, 3.8) is 0 Å². The quantitative estimate of drug-likeness (QED) is 0.698. The second-order valence-electron chi connectivity index (χ2n) is 5.20. The number of hydrogen-bond acceptors (Lipinski definition) is 2. The van der Waals surface area contributed by atoms with E-state index in [9.17, 15) is 0 Å². The molecule has 0 aliphatic carbocycles. The second-order valence-corrected chi connectivity index (χ2v) is 6.11. The Kier molecular flexibility index (Phi) is 4.42. The summed E-state index contributed by atoms with van der Waals surface area (Å²) in [6.07, 6.45) is 4.49. The van der Waals surface area contributed by atoms with E-state index < -0.39 is 0 Å². The SMILES string of the molecule is CCNC(Cc1ccoc1)c1ccc2cc(Br)ccc2c1. The first kappa shape index (κ1) is 14.4. The summed E-state index contributed by atoms with van der Waals surface area (Å²) in [4.78, 5) is 0. The molecule has 2 nitrogen and oxygen atoms in total. The van der Waals surface area contributed by atoms with Gasteiger partial charge in [-0.1, -0.05) is 41.1 Å². The molecule has 0 fully saturated rings. The summed E-state index contributed by atoms with van der Waals surface area (Å²) in [6, 6.07) is 15.4. The Morgan fingerprint density at radius 3 is 2.67 bits per heavy atom. The monoisotopic (exact) mass is 343 g/mol. The van der Waals surface area contributed by atoms with E-state index in [2.05, 4.69) is 64.6 Å². The van der Waals surface area contributed by atoms with Gasteiger partial charge in [0.25, 0.3) is 0 Å². The standard InChI is InChI=1S/C18H18BrNO/c1-2-20-18(9-13-7-8-21-12-13)16-4-3-15-11-17(19)6-5-14(15)10-16/h3-8,10-12,18,20H,2,9H2,1H3. The Morgan fingerprint density at radius 2 is 1.90 bits per heavy atom. The summed E-state index contributed by atoms with van der Waals surface area (Å²) in [5, 5.41) is 6.09. The number of fused-ring (bicyclic) bond motifs is 1. The first-order valence-electron chi connectivity index (χ1n) is 7.20. The summed E-state index contributed by atoms with van der Waals surface area (Å²) < 4.78 is 6.29. The highest BCUT2D eigenvalue weighted by Crippen LogP contribution is 2.25. The minimum atomic E-state index is 0.306. The molecule has 0 aliphatic heterocycles. The summed E-state index contributed by atoms with van der Waals surface area (Å²) in [5.41, 5.74) is 2.53. The van der Waals surface area contributed by atoms with Crippen LogP contribution in [0.25, 0.3) is 10.8 Å². The Bertz CT molecular complexity index is 721. The van der Waals surface area contributed by atoms with E-state index in [0.29, 0.717) is 6.04 Å². The molecule has 0 bridgehead atoms. The third-order valence-corrected chi connectivity index (χ3v) is 4.19. The fourth-order valence-corrected chi connectivity index (χ4v) is 3.03. The predicted molar refractivity (Wildman–Crippen MR) is 90.5 cm³/mol. The number of furan rings is 1. The van der Waals surface area contributed by atoms with Crippen LogP contribution in [0.1, 0.15) is 24.1 Å². The molecule has 0 saturated heterocycles. The summed E-state index contributed by atoms with van der Waals surface area (Å²) in [5.74, 6) is 0. The molecule has 1 unspecified atom stereocenters. The van der Waals surface area contributed by atoms with Gasteiger partial charge < -0.3 is 9.73 Å². The van der Waals surface area contributed by atoms with Crippen molar-refractivity contribution in [2.75, 3.05) is 6.54 Å². The summed E-state index contributed by atoms with van der Waals surface area (Å²) in [7, 11) is 0. The van der Waals surface area contributed by atoms with Crippen LogP contribution >= 0.6 is 15.9 Å². The smallest absolute Gasteiger partial charge is 0.0935 e. The number of halogens is 1. The van der Waals surface area contributed by atoms with Crippen molar-refractivity contribution in [3.8, 4) is 0 Å². The Labute approximate surface area is 133 Å². The van der Waals surface area contributed by atoms with E-state index in [-0.39, 0.29) is 0 Å². The highest BCUT2D eigenvalue weighted by molar-refractivity contribution is 9.10. The van der Waals surface area contributed by atoms with Crippen molar-refractivity contribution in [2.24, 2.45) is 0 Å². The topological polar surface area (TPSA) is 25.2 Å². The van der Waals surface area contributed by atoms with E-state index in [1.807, 2.05) is 12.3 Å². The van der Waals surface area contributed by atoms with Crippen LogP contribution in [0.5, 0.6) is 0 Å². The van der Waals surface area contributed by atoms with Gasteiger partial charge >= 0.3 is 0 Å². The van der Waals surface area contributed by atoms with Crippen LogP contribution in [0.2, 0.25) is 0 Å². The van der Waals surface area contributed by atoms with Gasteiger partial charge in [0.1, 0.15) is 0 Å². The van der Waals surface area contributed by atoms with Crippen LogP contribution in [-0.2, 0) is 6.42 Å². The zero-order valence-electron chi connectivity index (χ0n) is 12.0. The number of benzene rings is 2. The normalized spacial score (nSPS) is 12.7. The third-order valence-electron chi connectivity index (χ3n) is 3.70. The molecule has 3 heteroatoms. The molecular weight excluding hydrogens is 326 g/mol. The van der Waals surface area contributed by atoms with Crippen LogP contribution in [0.15, 0.2) is 63.9 Å². The largest absolute Gasteiger partial charge is 0.472 e. The average Bonchev–Trinajstić information content (AvgIpc) is 2.99. The molecule has 0 saturated carbocycles. The molecule has 0 radical (unpaired) electrons. The maximum atomic E-state index is 5.18. The average molecular weight is 344 g/mol. The zero-order chi connectivity index (χ0) is 14.7. The highest BCUT2D eigenvalue weighted by atomic mass is 79.9. The maximum absolute atomic E-state index is 5.18. The van der Waals surface area contributed by atoms with Crippen LogP contribution < -0.4 is 5.32 Å². The van der Waals surface area contributed by atoms with Crippen LogP contribution in [0.4, 0.5) is 0 Å². The fourth-order valence-electron chi connectivity index (χ4n) is 2.65. The highest BCUT2D eigenvalue weighted by Gasteiger charge is 2.12. The van der Waals surface area contributed by atoms with Crippen molar-refractivity contribution in [3.05, 3.63) is 70.6 Å². The molecule has 1 aromatic heterocycles. The van der Waals surface area contributed by atoms with Crippen LogP contribution in [0, 0.1) is 0 Å². The molecule has 1 heterocycles. The molecule has 0 aliphatic rings. The second kappa shape index (κ2) is 6.46. The van der Waals surface area contributed by atoms with E-state index >= 15 is 0 Å². The molecule has 21 heavy (non-hydrogen) atoms. The van der Waals surface area contributed by atoms with Crippen molar-refractivity contribution in [2.45, 2.75) is 19.4 Å². The van der Waals surface area contributed by atoms with E-state index in [4.69, 9.17) is 4.42 Å². The van der Waals surface area contributed by atoms with Gasteiger partial charge in [0.2, 0.25) is 0 Å². The number of hydrogen-bond donors (Lipinski definition) is 1. The molecule has 0 spiro atoms. The van der Waals surface area contributed by atoms with Crippen molar-refractivity contribution >= 4 is 26.7 Å².